The van der Waals surface area contributed by atoms with Crippen molar-refractivity contribution in [3.63, 3.8) is 0 Å². The van der Waals surface area contributed by atoms with Crippen LogP contribution in [0, 0.1) is 6.92 Å². The van der Waals surface area contributed by atoms with Gasteiger partial charge in [-0.3, -0.25) is 0 Å². The number of rotatable bonds is 2. The fourth-order valence-electron chi connectivity index (χ4n) is 1.67. The molecule has 16 heavy (non-hydrogen) atoms. The highest BCUT2D eigenvalue weighted by Gasteiger charge is 2.00. The Labute approximate surface area is 100 Å². The van der Waals surface area contributed by atoms with Crippen LogP contribution in [0.4, 0.5) is 0 Å². The Morgan fingerprint density at radius 1 is 1.00 bits per heavy atom. The SMILES string of the molecule is Cc1cc(Cc2ccc(Cl)cc2)ccc1O. The van der Waals surface area contributed by atoms with Crippen molar-refractivity contribution >= 4 is 11.6 Å². The molecule has 0 aliphatic heterocycles. The van der Waals surface area contributed by atoms with Crippen LogP contribution >= 0.6 is 11.6 Å². The summed E-state index contributed by atoms with van der Waals surface area (Å²) in [4.78, 5) is 0. The van der Waals surface area contributed by atoms with Crippen LogP contribution in [0.2, 0.25) is 5.02 Å². The molecule has 0 atom stereocenters. The van der Waals surface area contributed by atoms with Crippen LogP contribution < -0.4 is 0 Å². The van der Waals surface area contributed by atoms with Crippen LogP contribution in [0.25, 0.3) is 0 Å². The Kier molecular flexibility index (Phi) is 3.16. The zero-order valence-electron chi connectivity index (χ0n) is 9.07. The second-order valence-corrected chi connectivity index (χ2v) is 4.36. The predicted molar refractivity (Wildman–Crippen MR) is 67.1 cm³/mol. The van der Waals surface area contributed by atoms with E-state index in [0.717, 1.165) is 17.0 Å². The van der Waals surface area contributed by atoms with Crippen molar-refractivity contribution in [1.82, 2.24) is 0 Å². The summed E-state index contributed by atoms with van der Waals surface area (Å²) in [6, 6.07) is 13.5. The van der Waals surface area contributed by atoms with Gasteiger partial charge in [0.15, 0.2) is 0 Å². The van der Waals surface area contributed by atoms with Gasteiger partial charge >= 0.3 is 0 Å². The summed E-state index contributed by atoms with van der Waals surface area (Å²) < 4.78 is 0. The van der Waals surface area contributed by atoms with Crippen molar-refractivity contribution in [1.29, 1.82) is 0 Å². The molecule has 0 heterocycles. The molecule has 2 heteroatoms. The Balaban J connectivity index is 2.20. The molecule has 1 nitrogen and oxygen atoms in total. The molecule has 0 fully saturated rings. The molecular weight excluding hydrogens is 220 g/mol. The number of aryl methyl sites for hydroxylation is 1. The van der Waals surface area contributed by atoms with Crippen LogP contribution in [0.3, 0.4) is 0 Å². The van der Waals surface area contributed by atoms with Crippen molar-refractivity contribution in [3.8, 4) is 5.75 Å². The quantitative estimate of drug-likeness (QED) is 0.832. The van der Waals surface area contributed by atoms with Gasteiger partial charge in [-0.05, 0) is 48.2 Å². The van der Waals surface area contributed by atoms with Gasteiger partial charge in [0.2, 0.25) is 0 Å². The number of halogens is 1. The number of phenolic OH excluding ortho intramolecular Hbond substituents is 1. The van der Waals surface area contributed by atoms with Gasteiger partial charge in [0.1, 0.15) is 5.75 Å². The molecule has 0 amide bonds. The lowest BCUT2D eigenvalue weighted by molar-refractivity contribution is 0.471. The normalized spacial score (nSPS) is 10.4. The molecule has 2 rings (SSSR count). The third kappa shape index (κ3) is 2.56. The molecule has 82 valence electrons. The highest BCUT2D eigenvalue weighted by Crippen LogP contribution is 2.19. The van der Waals surface area contributed by atoms with E-state index >= 15 is 0 Å². The number of hydrogen-bond donors (Lipinski definition) is 1. The standard InChI is InChI=1S/C14H13ClO/c1-10-8-12(4-7-14(10)16)9-11-2-5-13(15)6-3-11/h2-8,16H,9H2,1H3. The number of benzene rings is 2. The van der Waals surface area contributed by atoms with Crippen LogP contribution in [-0.4, -0.2) is 5.11 Å². The van der Waals surface area contributed by atoms with E-state index in [1.807, 2.05) is 43.3 Å². The number of hydrogen-bond acceptors (Lipinski definition) is 1. The first kappa shape index (κ1) is 11.0. The first-order valence-electron chi connectivity index (χ1n) is 5.18. The monoisotopic (exact) mass is 232 g/mol. The summed E-state index contributed by atoms with van der Waals surface area (Å²) in [5.74, 6) is 0.347. The summed E-state index contributed by atoms with van der Waals surface area (Å²) in [6.45, 7) is 1.90. The summed E-state index contributed by atoms with van der Waals surface area (Å²) in [6.07, 6.45) is 0.859. The van der Waals surface area contributed by atoms with E-state index in [2.05, 4.69) is 0 Å². The lowest BCUT2D eigenvalue weighted by atomic mass is 10.0. The second kappa shape index (κ2) is 4.58. The molecule has 0 unspecified atom stereocenters. The van der Waals surface area contributed by atoms with Gasteiger partial charge in [0.05, 0.1) is 0 Å². The summed E-state index contributed by atoms with van der Waals surface area (Å²) in [5.41, 5.74) is 3.32. The molecule has 0 aliphatic carbocycles. The molecule has 0 radical (unpaired) electrons. The molecule has 0 bridgehead atoms. The molecular formula is C14H13ClO. The van der Waals surface area contributed by atoms with Crippen molar-refractivity contribution in [2.45, 2.75) is 13.3 Å². The Hall–Kier alpha value is -1.47. The number of aromatic hydroxyl groups is 1. The molecule has 0 saturated carbocycles. The lowest BCUT2D eigenvalue weighted by Crippen LogP contribution is -1.88. The van der Waals surface area contributed by atoms with Gasteiger partial charge in [0, 0.05) is 5.02 Å². The van der Waals surface area contributed by atoms with Crippen molar-refractivity contribution in [2.75, 3.05) is 0 Å². The maximum absolute atomic E-state index is 9.43. The van der Waals surface area contributed by atoms with E-state index in [9.17, 15) is 5.11 Å². The largest absolute Gasteiger partial charge is 0.508 e. The minimum Gasteiger partial charge on any atom is -0.508 e. The van der Waals surface area contributed by atoms with E-state index in [1.165, 1.54) is 11.1 Å². The van der Waals surface area contributed by atoms with Gasteiger partial charge in [0.25, 0.3) is 0 Å². The van der Waals surface area contributed by atoms with E-state index in [0.29, 0.717) is 5.75 Å². The van der Waals surface area contributed by atoms with E-state index in [-0.39, 0.29) is 0 Å². The first-order chi connectivity index (χ1) is 7.65. The maximum Gasteiger partial charge on any atom is 0.118 e. The molecule has 0 spiro atoms. The van der Waals surface area contributed by atoms with Crippen LogP contribution in [0.1, 0.15) is 16.7 Å². The Morgan fingerprint density at radius 3 is 2.25 bits per heavy atom. The highest BCUT2D eigenvalue weighted by molar-refractivity contribution is 6.30. The third-order valence-electron chi connectivity index (χ3n) is 2.58. The minimum absolute atomic E-state index is 0.347. The predicted octanol–water partition coefficient (Wildman–Crippen LogP) is 3.94. The summed E-state index contributed by atoms with van der Waals surface area (Å²) in [7, 11) is 0. The first-order valence-corrected chi connectivity index (χ1v) is 5.56. The van der Waals surface area contributed by atoms with Crippen LogP contribution in [-0.2, 0) is 6.42 Å². The van der Waals surface area contributed by atoms with Crippen LogP contribution in [0.5, 0.6) is 5.75 Å². The lowest BCUT2D eigenvalue weighted by Gasteiger charge is -2.04. The van der Waals surface area contributed by atoms with E-state index in [1.54, 1.807) is 6.07 Å². The Morgan fingerprint density at radius 2 is 1.62 bits per heavy atom. The topological polar surface area (TPSA) is 20.2 Å². The zero-order valence-corrected chi connectivity index (χ0v) is 9.83. The molecule has 2 aromatic carbocycles. The number of phenols is 1. The summed E-state index contributed by atoms with van der Waals surface area (Å²) in [5, 5.41) is 10.2. The second-order valence-electron chi connectivity index (χ2n) is 3.92. The zero-order chi connectivity index (χ0) is 11.5. The molecule has 2 aromatic rings. The molecule has 0 saturated heterocycles. The average Bonchev–Trinajstić information content (AvgIpc) is 2.27. The van der Waals surface area contributed by atoms with Gasteiger partial charge in [-0.1, -0.05) is 35.9 Å². The van der Waals surface area contributed by atoms with Crippen molar-refractivity contribution < 1.29 is 5.11 Å². The fraction of sp³-hybridized carbons (Fsp3) is 0.143. The Bertz CT molecular complexity index is 489. The van der Waals surface area contributed by atoms with E-state index < -0.39 is 0 Å². The molecule has 1 N–H and O–H groups in total. The van der Waals surface area contributed by atoms with Gasteiger partial charge in [-0.25, -0.2) is 0 Å². The fourth-order valence-corrected chi connectivity index (χ4v) is 1.79. The molecule has 0 aromatic heterocycles. The highest BCUT2D eigenvalue weighted by atomic mass is 35.5. The molecule has 0 aliphatic rings. The maximum atomic E-state index is 9.43. The summed E-state index contributed by atoms with van der Waals surface area (Å²) >= 11 is 5.83. The van der Waals surface area contributed by atoms with Gasteiger partial charge in [-0.2, -0.15) is 0 Å². The third-order valence-corrected chi connectivity index (χ3v) is 2.83. The van der Waals surface area contributed by atoms with Gasteiger partial charge < -0.3 is 5.11 Å². The minimum atomic E-state index is 0.347. The average molecular weight is 233 g/mol. The van der Waals surface area contributed by atoms with Crippen molar-refractivity contribution in [2.24, 2.45) is 0 Å². The smallest absolute Gasteiger partial charge is 0.118 e. The van der Waals surface area contributed by atoms with E-state index in [4.69, 9.17) is 11.6 Å². The van der Waals surface area contributed by atoms with Crippen molar-refractivity contribution in [3.05, 3.63) is 64.2 Å². The van der Waals surface area contributed by atoms with Crippen LogP contribution in [0.15, 0.2) is 42.5 Å². The van der Waals surface area contributed by atoms with Gasteiger partial charge in [-0.15, -0.1) is 0 Å².